The molecule has 0 saturated heterocycles. The van der Waals surface area contributed by atoms with Gasteiger partial charge < -0.3 is 10.2 Å². The Morgan fingerprint density at radius 3 is 2.56 bits per heavy atom. The van der Waals surface area contributed by atoms with Crippen LogP contribution in [0.3, 0.4) is 0 Å². The van der Waals surface area contributed by atoms with Crippen LogP contribution in [0.5, 0.6) is 0 Å². The molecule has 0 saturated carbocycles. The molecule has 0 fully saturated rings. The van der Waals surface area contributed by atoms with E-state index in [-0.39, 0.29) is 0 Å². The summed E-state index contributed by atoms with van der Waals surface area (Å²) in [7, 11) is 4.08. The van der Waals surface area contributed by atoms with E-state index < -0.39 is 0 Å². The summed E-state index contributed by atoms with van der Waals surface area (Å²) in [5.74, 6) is 1.71. The first kappa shape index (κ1) is 12.8. The van der Waals surface area contributed by atoms with Crippen molar-refractivity contribution >= 4 is 11.5 Å². The first-order valence-electron chi connectivity index (χ1n) is 6.04. The van der Waals surface area contributed by atoms with Gasteiger partial charge >= 0.3 is 0 Å². The van der Waals surface area contributed by atoms with Crippen molar-refractivity contribution in [3.05, 3.63) is 18.3 Å². The van der Waals surface area contributed by atoms with Crippen LogP contribution < -0.4 is 10.2 Å². The third-order valence-electron chi connectivity index (χ3n) is 2.99. The second kappa shape index (κ2) is 6.36. The van der Waals surface area contributed by atoms with Crippen LogP contribution in [-0.4, -0.2) is 25.6 Å². The second-order valence-corrected chi connectivity index (χ2v) is 4.36. The summed E-state index contributed by atoms with van der Waals surface area (Å²) in [6, 6.07) is 4.10. The van der Waals surface area contributed by atoms with Gasteiger partial charge in [0.2, 0.25) is 0 Å². The molecule has 1 heterocycles. The van der Waals surface area contributed by atoms with Gasteiger partial charge in [-0.3, -0.25) is 0 Å². The molecule has 0 unspecified atom stereocenters. The minimum Gasteiger partial charge on any atom is -0.378 e. The molecule has 0 atom stereocenters. The van der Waals surface area contributed by atoms with Gasteiger partial charge in [0.05, 0.1) is 0 Å². The highest BCUT2D eigenvalue weighted by Crippen LogP contribution is 2.15. The van der Waals surface area contributed by atoms with E-state index in [4.69, 9.17) is 0 Å². The summed E-state index contributed by atoms with van der Waals surface area (Å²) in [6.07, 6.45) is 4.29. The Morgan fingerprint density at radius 2 is 2.00 bits per heavy atom. The smallest absolute Gasteiger partial charge is 0.127 e. The molecule has 16 heavy (non-hydrogen) atoms. The van der Waals surface area contributed by atoms with Gasteiger partial charge in [-0.2, -0.15) is 0 Å². The Morgan fingerprint density at radius 1 is 1.31 bits per heavy atom. The van der Waals surface area contributed by atoms with Crippen LogP contribution in [0.2, 0.25) is 0 Å². The lowest BCUT2D eigenvalue weighted by Crippen LogP contribution is -2.14. The number of anilines is 2. The van der Waals surface area contributed by atoms with Crippen LogP contribution in [0, 0.1) is 5.92 Å². The average Bonchev–Trinajstić information content (AvgIpc) is 2.31. The molecule has 0 aliphatic carbocycles. The van der Waals surface area contributed by atoms with Crippen molar-refractivity contribution in [2.45, 2.75) is 26.7 Å². The standard InChI is InChI=1S/C13H23N3/c1-5-11(6-2)10-15-13-9-12(16(3)4)7-8-14-13/h7-9,11H,5-6,10H2,1-4H3,(H,14,15). The van der Waals surface area contributed by atoms with E-state index in [0.717, 1.165) is 18.3 Å². The van der Waals surface area contributed by atoms with E-state index in [2.05, 4.69) is 35.1 Å². The molecule has 1 aromatic heterocycles. The number of nitrogens with one attached hydrogen (secondary N) is 1. The van der Waals surface area contributed by atoms with Crippen LogP contribution in [0.15, 0.2) is 18.3 Å². The molecule has 90 valence electrons. The van der Waals surface area contributed by atoms with E-state index in [1.807, 2.05) is 26.4 Å². The maximum absolute atomic E-state index is 4.32. The summed E-state index contributed by atoms with van der Waals surface area (Å²) < 4.78 is 0. The fourth-order valence-corrected chi connectivity index (χ4v) is 1.62. The van der Waals surface area contributed by atoms with Gasteiger partial charge in [0.15, 0.2) is 0 Å². The zero-order valence-electron chi connectivity index (χ0n) is 10.8. The predicted octanol–water partition coefficient (Wildman–Crippen LogP) is 3.00. The van der Waals surface area contributed by atoms with Crippen molar-refractivity contribution in [3.8, 4) is 0 Å². The van der Waals surface area contributed by atoms with Gasteiger partial charge in [-0.1, -0.05) is 26.7 Å². The largest absolute Gasteiger partial charge is 0.378 e. The normalized spacial score (nSPS) is 10.6. The molecule has 1 rings (SSSR count). The van der Waals surface area contributed by atoms with Crippen LogP contribution in [-0.2, 0) is 0 Å². The van der Waals surface area contributed by atoms with Gasteiger partial charge in [-0.15, -0.1) is 0 Å². The van der Waals surface area contributed by atoms with Crippen molar-refractivity contribution in [1.29, 1.82) is 0 Å². The van der Waals surface area contributed by atoms with Crippen LogP contribution in [0.1, 0.15) is 26.7 Å². The Bertz CT molecular complexity index is 306. The molecule has 3 heteroatoms. The third-order valence-corrected chi connectivity index (χ3v) is 2.99. The zero-order chi connectivity index (χ0) is 12.0. The van der Waals surface area contributed by atoms with Crippen molar-refractivity contribution in [3.63, 3.8) is 0 Å². The van der Waals surface area contributed by atoms with Crippen LogP contribution in [0.4, 0.5) is 11.5 Å². The highest BCUT2D eigenvalue weighted by molar-refractivity contribution is 5.52. The fraction of sp³-hybridized carbons (Fsp3) is 0.615. The maximum Gasteiger partial charge on any atom is 0.127 e. The highest BCUT2D eigenvalue weighted by atomic mass is 15.1. The Balaban J connectivity index is 2.56. The monoisotopic (exact) mass is 221 g/mol. The summed E-state index contributed by atoms with van der Waals surface area (Å²) in [5, 5.41) is 3.40. The predicted molar refractivity (Wildman–Crippen MR) is 71.1 cm³/mol. The molecule has 0 spiro atoms. The maximum atomic E-state index is 4.32. The Labute approximate surface area is 98.9 Å². The third kappa shape index (κ3) is 3.72. The van der Waals surface area contributed by atoms with E-state index in [1.54, 1.807) is 0 Å². The minimum absolute atomic E-state index is 0.741. The molecule has 1 aromatic rings. The van der Waals surface area contributed by atoms with E-state index in [1.165, 1.54) is 18.5 Å². The molecule has 0 radical (unpaired) electrons. The van der Waals surface area contributed by atoms with E-state index in [0.29, 0.717) is 0 Å². The number of aromatic nitrogens is 1. The van der Waals surface area contributed by atoms with Gasteiger partial charge in [0, 0.05) is 38.6 Å². The number of nitrogens with zero attached hydrogens (tertiary/aromatic N) is 2. The van der Waals surface area contributed by atoms with Gasteiger partial charge in [-0.25, -0.2) is 4.98 Å². The average molecular weight is 221 g/mol. The molecule has 0 aliphatic rings. The number of hydrogen-bond acceptors (Lipinski definition) is 3. The Kier molecular flexibility index (Phi) is 5.09. The summed E-state index contributed by atoms with van der Waals surface area (Å²) in [4.78, 5) is 6.41. The molecule has 3 nitrogen and oxygen atoms in total. The molecular weight excluding hydrogens is 198 g/mol. The summed E-state index contributed by atoms with van der Waals surface area (Å²) >= 11 is 0. The summed E-state index contributed by atoms with van der Waals surface area (Å²) in [6.45, 7) is 5.48. The highest BCUT2D eigenvalue weighted by Gasteiger charge is 2.04. The van der Waals surface area contributed by atoms with Crippen LogP contribution >= 0.6 is 0 Å². The molecule has 0 aromatic carbocycles. The number of pyridine rings is 1. The molecular formula is C13H23N3. The van der Waals surface area contributed by atoms with Crippen molar-refractivity contribution in [2.24, 2.45) is 5.92 Å². The number of hydrogen-bond donors (Lipinski definition) is 1. The fourth-order valence-electron chi connectivity index (χ4n) is 1.62. The summed E-state index contributed by atoms with van der Waals surface area (Å²) in [5.41, 5.74) is 1.18. The minimum atomic E-state index is 0.741. The quantitative estimate of drug-likeness (QED) is 0.800. The van der Waals surface area contributed by atoms with E-state index in [9.17, 15) is 0 Å². The van der Waals surface area contributed by atoms with Crippen molar-refractivity contribution in [1.82, 2.24) is 4.98 Å². The van der Waals surface area contributed by atoms with Gasteiger partial charge in [0.25, 0.3) is 0 Å². The second-order valence-electron chi connectivity index (χ2n) is 4.36. The lowest BCUT2D eigenvalue weighted by molar-refractivity contribution is 0.518. The van der Waals surface area contributed by atoms with Gasteiger partial charge in [0.1, 0.15) is 5.82 Å². The van der Waals surface area contributed by atoms with Crippen molar-refractivity contribution < 1.29 is 0 Å². The molecule has 1 N–H and O–H groups in total. The number of rotatable bonds is 6. The van der Waals surface area contributed by atoms with Crippen LogP contribution in [0.25, 0.3) is 0 Å². The molecule has 0 aliphatic heterocycles. The molecule has 0 bridgehead atoms. The lowest BCUT2D eigenvalue weighted by Gasteiger charge is -2.16. The van der Waals surface area contributed by atoms with E-state index >= 15 is 0 Å². The lowest BCUT2D eigenvalue weighted by atomic mass is 10.0. The SMILES string of the molecule is CCC(CC)CNc1cc(N(C)C)ccn1. The topological polar surface area (TPSA) is 28.2 Å². The zero-order valence-corrected chi connectivity index (χ0v) is 10.8. The first-order valence-corrected chi connectivity index (χ1v) is 6.04. The Hall–Kier alpha value is -1.25. The first-order chi connectivity index (χ1) is 7.67. The van der Waals surface area contributed by atoms with Gasteiger partial charge in [-0.05, 0) is 12.0 Å². The molecule has 0 amide bonds. The van der Waals surface area contributed by atoms with Crippen molar-refractivity contribution in [2.75, 3.05) is 30.9 Å².